The average Bonchev–Trinajstić information content (AvgIpc) is 0.782. The van der Waals surface area contributed by atoms with Gasteiger partial charge in [0.2, 0.25) is 0 Å². The van der Waals surface area contributed by atoms with Crippen LogP contribution in [-0.2, 0) is 38.2 Å². The summed E-state index contributed by atoms with van der Waals surface area (Å²) in [6.07, 6.45) is 38.7. The van der Waals surface area contributed by atoms with Gasteiger partial charge in [0.15, 0.2) is 0 Å². The summed E-state index contributed by atoms with van der Waals surface area (Å²) in [5, 5.41) is 8.08. The standard InChI is InChI=1S/C19H36O2.C17H34O2.2C11H22O.C5H3F9O.C4H10.CH3NO3/c1-3-4-5-6-7-8-9-10-11-12-13-14-15-16-17-18-19(20)21-2;1-3-4-5-6-7-8-9-10-11-12-13-14-15-16-17(18)19-2;1-3-4-5-6-7-8-9-10-11(2)12;1-3-5-7-9-11(12)10-8-6-4-2;1-15-5(13,14)2(6,3(7,8)9)4(10,11)12;1-4(2)3;1-5-2(3)4/h10-11H,3-9,12-18H2,1-2H3;3-16H2,1-2H3;2*3-10H2,1-2H3;1H3;4H,1-3H3;1H3/b11-10+;;;;;;. The third kappa shape index (κ3) is 78.6. The predicted molar refractivity (Wildman–Crippen MR) is 343 cm³/mol. The minimum absolute atomic E-state index is 0.0666. The second-order valence-electron chi connectivity index (χ2n) is 23.0. The Kier molecular flexibility index (Phi) is 81.0. The zero-order valence-electron chi connectivity index (χ0n) is 57.8. The first-order valence-corrected chi connectivity index (χ1v) is 33.7. The van der Waals surface area contributed by atoms with Gasteiger partial charge in [-0.25, -0.2) is 4.39 Å². The largest absolute Gasteiger partial charge is 0.469 e. The van der Waals surface area contributed by atoms with Crippen molar-refractivity contribution < 1.29 is 82.8 Å². The number of carbonyl (C=O) groups is 4. The highest BCUT2D eigenvalue weighted by Gasteiger charge is 2.85. The van der Waals surface area contributed by atoms with Gasteiger partial charge in [-0.1, -0.05) is 260 Å². The van der Waals surface area contributed by atoms with Crippen LogP contribution < -0.4 is 0 Å². The van der Waals surface area contributed by atoms with Crippen molar-refractivity contribution in [2.75, 3.05) is 28.4 Å². The van der Waals surface area contributed by atoms with Crippen molar-refractivity contribution in [3.05, 3.63) is 22.3 Å². The monoisotopic (exact) mass is 1290 g/mol. The summed E-state index contributed by atoms with van der Waals surface area (Å²) in [6.45, 7) is 19.3. The van der Waals surface area contributed by atoms with Gasteiger partial charge in [-0.15, -0.1) is 10.1 Å². The van der Waals surface area contributed by atoms with Crippen LogP contribution in [0, 0.1) is 16.0 Å². The summed E-state index contributed by atoms with van der Waals surface area (Å²) >= 11 is 0. The van der Waals surface area contributed by atoms with E-state index in [0.29, 0.717) is 24.4 Å². The van der Waals surface area contributed by atoms with Gasteiger partial charge < -0.3 is 23.8 Å². The van der Waals surface area contributed by atoms with E-state index in [-0.39, 0.29) is 19.0 Å². The van der Waals surface area contributed by atoms with Crippen molar-refractivity contribution in [2.45, 2.75) is 369 Å². The molecule has 0 aliphatic heterocycles. The number of methoxy groups -OCH3 is 3. The molecule has 0 radical (unpaired) electrons. The maximum Gasteiger partial charge on any atom is 0.440 e. The fourth-order valence-corrected chi connectivity index (χ4v) is 8.06. The van der Waals surface area contributed by atoms with E-state index in [2.05, 4.69) is 86.6 Å². The van der Waals surface area contributed by atoms with Crippen LogP contribution in [0.3, 0.4) is 0 Å². The molecule has 0 aliphatic carbocycles. The summed E-state index contributed by atoms with van der Waals surface area (Å²) in [5.41, 5.74) is -6.73. The normalized spacial score (nSPS) is 11.2. The van der Waals surface area contributed by atoms with Crippen LogP contribution in [0.4, 0.5) is 39.5 Å². The highest BCUT2D eigenvalue weighted by molar-refractivity contribution is 5.78. The van der Waals surface area contributed by atoms with E-state index in [9.17, 15) is 58.7 Å². The van der Waals surface area contributed by atoms with Crippen LogP contribution in [0.25, 0.3) is 0 Å². The lowest BCUT2D eigenvalue weighted by molar-refractivity contribution is -0.749. The van der Waals surface area contributed by atoms with Crippen molar-refractivity contribution in [2.24, 2.45) is 5.92 Å². The van der Waals surface area contributed by atoms with Gasteiger partial charge in [-0.2, -0.15) is 35.1 Å². The van der Waals surface area contributed by atoms with E-state index in [1.54, 1.807) is 6.92 Å². The number of rotatable bonds is 48. The Bertz CT molecular complexity index is 1500. The number of nitrogens with zero attached hydrogens (tertiary/aromatic N) is 1. The number of hydrogen-bond donors (Lipinski definition) is 0. The van der Waals surface area contributed by atoms with Crippen molar-refractivity contribution in [3.63, 3.8) is 0 Å². The molecule has 530 valence electrons. The molecule has 0 saturated heterocycles. The molecule has 0 spiro atoms. The molecule has 0 aromatic rings. The molecule has 0 rings (SSSR count). The molecule has 0 aromatic heterocycles. The fraction of sp³-hybridized carbons (Fsp3) is 0.912. The molecule has 20 heteroatoms. The number of allylic oxidation sites excluding steroid dienone is 2. The first kappa shape index (κ1) is 98.1. The smallest absolute Gasteiger partial charge is 0.440 e. The van der Waals surface area contributed by atoms with Crippen LogP contribution in [0.5, 0.6) is 0 Å². The molecule has 0 aromatic carbocycles. The van der Waals surface area contributed by atoms with E-state index in [1.165, 1.54) is 226 Å². The third-order valence-corrected chi connectivity index (χ3v) is 13.4. The quantitative estimate of drug-likeness (QED) is 0.0144. The first-order chi connectivity index (χ1) is 41.5. The second-order valence-corrected chi connectivity index (χ2v) is 23.0. The van der Waals surface area contributed by atoms with Crippen LogP contribution in [-0.4, -0.2) is 81.2 Å². The van der Waals surface area contributed by atoms with E-state index in [0.717, 1.165) is 70.8 Å². The lowest BCUT2D eigenvalue weighted by atomic mass is 10.0. The maximum atomic E-state index is 12.5. The molecule has 0 saturated carbocycles. The molecule has 0 bridgehead atoms. The molecule has 88 heavy (non-hydrogen) atoms. The zero-order valence-corrected chi connectivity index (χ0v) is 57.8. The van der Waals surface area contributed by atoms with Crippen LogP contribution >= 0.6 is 0 Å². The molecule has 0 amide bonds. The Morgan fingerprint density at radius 3 is 0.818 bits per heavy atom. The summed E-state index contributed by atoms with van der Waals surface area (Å²) in [7, 11) is 3.75. The molecule has 0 aliphatic rings. The Hall–Kier alpha value is -3.45. The van der Waals surface area contributed by atoms with E-state index >= 15 is 0 Å². The fourth-order valence-electron chi connectivity index (χ4n) is 8.06. The molecule has 0 N–H and O–H groups in total. The van der Waals surface area contributed by atoms with Crippen molar-refractivity contribution >= 4 is 23.5 Å². The van der Waals surface area contributed by atoms with Gasteiger partial charge in [0, 0.05) is 39.2 Å². The second kappa shape index (κ2) is 72.6. The Balaban J connectivity index is -0.000000182. The molecule has 0 heterocycles. The average molecular weight is 1290 g/mol. The Labute approximate surface area is 530 Å². The number of hydrogen-bond acceptors (Lipinski definition) is 10. The molecular weight excluding hydrogens is 1160 g/mol. The van der Waals surface area contributed by atoms with Crippen LogP contribution in [0.1, 0.15) is 345 Å². The number of unbranched alkanes of at least 4 members (excludes halogenated alkanes) is 33. The topological polar surface area (TPSA) is 148 Å². The molecule has 0 unspecified atom stereocenters. The minimum Gasteiger partial charge on any atom is -0.469 e. The minimum atomic E-state index is -6.84. The SMILES string of the molecule is CC(C)C.CCCCCC(=O)CCCCC.CCCCCCCC/C=C/CCCCCCCC(=O)OC.CCCCCCCCCC(C)=O.CCCCCCCCCCCCCCCC(=O)OC.COC(F)(F)C(F)(C(F)(F)F)C(F)(F)F.CO[N+](=O)[O-]. The van der Waals surface area contributed by atoms with Gasteiger partial charge in [0.05, 0.1) is 21.3 Å². The number of esters is 2. The highest BCUT2D eigenvalue weighted by atomic mass is 19.4. The van der Waals surface area contributed by atoms with E-state index < -0.39 is 29.2 Å². The highest BCUT2D eigenvalue weighted by Crippen LogP contribution is 2.54. The van der Waals surface area contributed by atoms with Gasteiger partial charge in [-0.3, -0.25) is 14.4 Å². The zero-order chi connectivity index (χ0) is 68.8. The molecule has 0 atom stereocenters. The lowest BCUT2D eigenvalue weighted by Gasteiger charge is -2.34. The number of ketones is 2. The number of Topliss-reactive ketones (excluding diaryl/α,β-unsaturated/α-hetero) is 2. The van der Waals surface area contributed by atoms with E-state index in [1.807, 2.05) is 0 Å². The Morgan fingerprint density at radius 2 is 0.614 bits per heavy atom. The Morgan fingerprint density at radius 1 is 0.398 bits per heavy atom. The number of ether oxygens (including phenoxy) is 3. The summed E-state index contributed by atoms with van der Waals surface area (Å²) in [4.78, 5) is 56.0. The molecule has 11 nitrogen and oxygen atoms in total. The van der Waals surface area contributed by atoms with Crippen molar-refractivity contribution in [3.8, 4) is 0 Å². The maximum absolute atomic E-state index is 12.5. The summed E-state index contributed by atoms with van der Waals surface area (Å²) < 4.78 is 118. The molecule has 0 fully saturated rings. The van der Waals surface area contributed by atoms with E-state index in [4.69, 9.17) is 10.1 Å². The first-order valence-electron chi connectivity index (χ1n) is 33.7. The predicted octanol–water partition coefficient (Wildman–Crippen LogP) is 23.8. The van der Waals surface area contributed by atoms with Crippen molar-refractivity contribution in [1.29, 1.82) is 0 Å². The summed E-state index contributed by atoms with van der Waals surface area (Å²) in [5.74, 6) is 1.50. The lowest BCUT2D eigenvalue weighted by Crippen LogP contribution is -2.65. The van der Waals surface area contributed by atoms with Gasteiger partial charge in [-0.05, 0) is 70.6 Å². The molecular formula is C68H130F9NO10. The van der Waals surface area contributed by atoms with Gasteiger partial charge in [0.1, 0.15) is 11.6 Å². The number of halogens is 9. The number of alkyl halides is 9. The number of carbonyl (C=O) groups excluding carboxylic acids is 4. The van der Waals surface area contributed by atoms with Crippen LogP contribution in [0.15, 0.2) is 12.2 Å². The van der Waals surface area contributed by atoms with Gasteiger partial charge >= 0.3 is 36.1 Å². The van der Waals surface area contributed by atoms with Crippen molar-refractivity contribution in [1.82, 2.24) is 0 Å². The van der Waals surface area contributed by atoms with Crippen LogP contribution in [0.2, 0.25) is 0 Å². The van der Waals surface area contributed by atoms with Gasteiger partial charge in [0.25, 0.3) is 5.09 Å². The summed E-state index contributed by atoms with van der Waals surface area (Å²) in [6, 6.07) is 0. The third-order valence-electron chi connectivity index (χ3n) is 13.4.